The van der Waals surface area contributed by atoms with Crippen molar-refractivity contribution in [2.24, 2.45) is 0 Å². The number of carbonyl (C=O) groups excluding carboxylic acids is 1. The van der Waals surface area contributed by atoms with Crippen molar-refractivity contribution < 1.29 is 14.3 Å². The first-order valence-electron chi connectivity index (χ1n) is 16.1. The molecule has 1 amide bonds. The van der Waals surface area contributed by atoms with Crippen molar-refractivity contribution in [2.75, 3.05) is 25.1 Å². The molecule has 0 radical (unpaired) electrons. The number of benzene rings is 6. The van der Waals surface area contributed by atoms with Crippen molar-refractivity contribution in [3.8, 4) is 34.1 Å². The van der Waals surface area contributed by atoms with Crippen LogP contribution in [-0.2, 0) is 10.2 Å². The first-order valence-corrected chi connectivity index (χ1v) is 16.1. The van der Waals surface area contributed by atoms with E-state index in [1.807, 2.05) is 79.8 Å². The fraction of sp³-hybridized carbons (Fsp3) is 0.119. The lowest BCUT2D eigenvalue weighted by atomic mass is 9.68. The number of hydrogen-bond acceptors (Lipinski definition) is 5. The lowest BCUT2D eigenvalue weighted by Crippen LogP contribution is -2.28. The van der Waals surface area contributed by atoms with E-state index in [0.717, 1.165) is 53.5 Å². The third-order valence-electron chi connectivity index (χ3n) is 9.07. The Morgan fingerprint density at radius 2 is 0.917 bits per heavy atom. The number of nitrogens with two attached hydrogens (primary N) is 2. The second-order valence-corrected chi connectivity index (χ2v) is 12.2. The number of anilines is 2. The summed E-state index contributed by atoms with van der Waals surface area (Å²) in [6, 6.07) is 49.1. The maximum atomic E-state index is 10.5. The second-order valence-electron chi connectivity index (χ2n) is 12.2. The molecule has 8 rings (SSSR count). The van der Waals surface area contributed by atoms with Crippen molar-refractivity contribution in [2.45, 2.75) is 18.3 Å². The molecule has 1 saturated heterocycles. The number of amides is 1. The Morgan fingerprint density at radius 1 is 0.542 bits per heavy atom. The van der Waals surface area contributed by atoms with Crippen LogP contribution in [0.4, 0.5) is 11.4 Å². The van der Waals surface area contributed by atoms with Gasteiger partial charge in [-0.05, 0) is 113 Å². The maximum Gasteiger partial charge on any atom is 0.222 e. The zero-order chi connectivity index (χ0) is 33.1. The van der Waals surface area contributed by atoms with E-state index < -0.39 is 5.41 Å². The predicted molar refractivity (Wildman–Crippen MR) is 192 cm³/mol. The molecule has 1 aliphatic carbocycles. The molecule has 1 aliphatic heterocycles. The summed E-state index contributed by atoms with van der Waals surface area (Å²) in [6.07, 6.45) is 1.81. The van der Waals surface area contributed by atoms with Gasteiger partial charge < -0.3 is 25.8 Å². The Balaban J connectivity index is 0.000000465. The molecule has 6 aromatic carbocycles. The Labute approximate surface area is 281 Å². The number of hydrogen-bond donors (Lipinski definition) is 2. The molecule has 6 nitrogen and oxygen atoms in total. The third kappa shape index (κ3) is 5.84. The van der Waals surface area contributed by atoms with Gasteiger partial charge in [-0.2, -0.15) is 0 Å². The lowest BCUT2D eigenvalue weighted by molar-refractivity contribution is -0.126. The molecule has 0 saturated carbocycles. The SMILES string of the molecule is CN1CCCC1=O.Nc1ccc(Oc2ccc(C3(c4ccc(Oc5ccc(N)cc5)cc4)c4ccccc4-c4ccccc43)cc2)cc1. The Bertz CT molecular complexity index is 1900. The molecule has 238 valence electrons. The predicted octanol–water partition coefficient (Wildman–Crippen LogP) is 9.04. The Hall–Kier alpha value is -6.01. The zero-order valence-electron chi connectivity index (χ0n) is 26.8. The van der Waals surface area contributed by atoms with E-state index in [4.69, 9.17) is 20.9 Å². The largest absolute Gasteiger partial charge is 0.457 e. The zero-order valence-corrected chi connectivity index (χ0v) is 26.8. The summed E-state index contributed by atoms with van der Waals surface area (Å²) in [7, 11) is 1.84. The molecule has 2 aliphatic rings. The van der Waals surface area contributed by atoms with Gasteiger partial charge in [0.05, 0.1) is 5.41 Å². The van der Waals surface area contributed by atoms with Crippen LogP contribution in [0, 0.1) is 0 Å². The topological polar surface area (TPSA) is 90.8 Å². The smallest absolute Gasteiger partial charge is 0.222 e. The van der Waals surface area contributed by atoms with E-state index in [9.17, 15) is 4.79 Å². The van der Waals surface area contributed by atoms with Crippen molar-refractivity contribution in [1.29, 1.82) is 0 Å². The van der Waals surface area contributed by atoms with Crippen LogP contribution in [-0.4, -0.2) is 24.4 Å². The molecule has 4 N–H and O–H groups in total. The minimum atomic E-state index is -0.507. The number of nitrogens with zero attached hydrogens (tertiary/aromatic N) is 1. The molecule has 6 aromatic rings. The summed E-state index contributed by atoms with van der Waals surface area (Å²) >= 11 is 0. The van der Waals surface area contributed by atoms with Crippen LogP contribution in [0.15, 0.2) is 146 Å². The normalized spacial score (nSPS) is 14.0. The standard InChI is InChI=1S/C37H28N2O2.C5H9NO/c38-27-13-21-31(22-14-27)40-29-17-9-25(10-18-29)37(35-7-3-1-5-33(35)34-6-2-4-8-36(34)37)26-11-19-30(20-12-26)41-32-23-15-28(39)16-24-32;1-6-4-2-3-5(6)7/h1-24H,38-39H2;2-4H2,1H3. The number of carbonyl (C=O) groups is 1. The Kier molecular flexibility index (Phi) is 8.30. The van der Waals surface area contributed by atoms with E-state index in [1.54, 1.807) is 4.90 Å². The van der Waals surface area contributed by atoms with E-state index in [-0.39, 0.29) is 0 Å². The monoisotopic (exact) mass is 631 g/mol. The first-order chi connectivity index (χ1) is 23.4. The summed E-state index contributed by atoms with van der Waals surface area (Å²) in [5, 5.41) is 0. The van der Waals surface area contributed by atoms with Crippen molar-refractivity contribution in [1.82, 2.24) is 4.90 Å². The van der Waals surface area contributed by atoms with Crippen LogP contribution in [0.5, 0.6) is 23.0 Å². The molecule has 0 aromatic heterocycles. The van der Waals surface area contributed by atoms with Crippen molar-refractivity contribution in [3.05, 3.63) is 168 Å². The highest BCUT2D eigenvalue weighted by atomic mass is 16.5. The van der Waals surface area contributed by atoms with Crippen molar-refractivity contribution >= 4 is 17.3 Å². The number of nitrogen functional groups attached to an aromatic ring is 2. The van der Waals surface area contributed by atoms with Gasteiger partial charge in [0.25, 0.3) is 0 Å². The second kappa shape index (κ2) is 13.0. The molecule has 6 heteroatoms. The van der Waals surface area contributed by atoms with Gasteiger partial charge in [0, 0.05) is 31.4 Å². The van der Waals surface area contributed by atoms with E-state index in [1.165, 1.54) is 22.3 Å². The summed E-state index contributed by atoms with van der Waals surface area (Å²) in [6.45, 7) is 0.957. The van der Waals surface area contributed by atoms with Crippen LogP contribution in [0.3, 0.4) is 0 Å². The average molecular weight is 632 g/mol. The summed E-state index contributed by atoms with van der Waals surface area (Å²) in [4.78, 5) is 12.3. The van der Waals surface area contributed by atoms with Gasteiger partial charge in [0.2, 0.25) is 5.91 Å². The van der Waals surface area contributed by atoms with Crippen LogP contribution in [0.2, 0.25) is 0 Å². The molecular formula is C42H37N3O3. The van der Waals surface area contributed by atoms with Crippen molar-refractivity contribution in [3.63, 3.8) is 0 Å². The number of likely N-dealkylation sites (tertiary alicyclic amines) is 1. The van der Waals surface area contributed by atoms with Gasteiger partial charge >= 0.3 is 0 Å². The Morgan fingerprint density at radius 3 is 1.25 bits per heavy atom. The van der Waals surface area contributed by atoms with Gasteiger partial charge in [-0.3, -0.25) is 4.79 Å². The van der Waals surface area contributed by atoms with E-state index in [2.05, 4.69) is 72.8 Å². The number of ether oxygens (including phenoxy) is 2. The highest BCUT2D eigenvalue weighted by Crippen LogP contribution is 2.56. The molecule has 0 unspecified atom stereocenters. The fourth-order valence-electron chi connectivity index (χ4n) is 6.70. The summed E-state index contributed by atoms with van der Waals surface area (Å²) in [5.74, 6) is 3.31. The quantitative estimate of drug-likeness (QED) is 0.179. The van der Waals surface area contributed by atoms with Crippen LogP contribution in [0.25, 0.3) is 11.1 Å². The van der Waals surface area contributed by atoms with E-state index >= 15 is 0 Å². The molecule has 0 bridgehead atoms. The molecule has 0 atom stereocenters. The van der Waals surface area contributed by atoms with E-state index in [0.29, 0.717) is 17.3 Å². The van der Waals surface area contributed by atoms with Crippen LogP contribution < -0.4 is 20.9 Å². The summed E-state index contributed by atoms with van der Waals surface area (Å²) < 4.78 is 12.3. The fourth-order valence-corrected chi connectivity index (χ4v) is 6.70. The van der Waals surface area contributed by atoms with Crippen LogP contribution in [0.1, 0.15) is 35.1 Å². The molecule has 1 heterocycles. The number of rotatable bonds is 6. The minimum absolute atomic E-state index is 0.292. The minimum Gasteiger partial charge on any atom is -0.457 e. The molecular weight excluding hydrogens is 594 g/mol. The van der Waals surface area contributed by atoms with Gasteiger partial charge in [-0.1, -0.05) is 72.8 Å². The average Bonchev–Trinajstić information content (AvgIpc) is 3.65. The van der Waals surface area contributed by atoms with Gasteiger partial charge in [0.15, 0.2) is 0 Å². The first kappa shape index (κ1) is 30.6. The van der Waals surface area contributed by atoms with Gasteiger partial charge in [-0.15, -0.1) is 0 Å². The molecule has 48 heavy (non-hydrogen) atoms. The van der Waals surface area contributed by atoms with Gasteiger partial charge in [-0.25, -0.2) is 0 Å². The number of fused-ring (bicyclic) bond motifs is 3. The third-order valence-corrected chi connectivity index (χ3v) is 9.07. The lowest BCUT2D eigenvalue weighted by Gasteiger charge is -2.34. The van der Waals surface area contributed by atoms with Gasteiger partial charge in [0.1, 0.15) is 23.0 Å². The maximum absolute atomic E-state index is 10.5. The molecule has 0 spiro atoms. The highest BCUT2D eigenvalue weighted by Gasteiger charge is 2.45. The van der Waals surface area contributed by atoms with Crippen LogP contribution >= 0.6 is 0 Å². The molecule has 1 fully saturated rings. The summed E-state index contributed by atoms with van der Waals surface area (Å²) in [5.41, 5.74) is 19.9. The highest BCUT2D eigenvalue weighted by molar-refractivity contribution is 5.86.